The molecule has 0 radical (unpaired) electrons. The van der Waals surface area contributed by atoms with E-state index in [0.717, 1.165) is 26.1 Å². The van der Waals surface area contributed by atoms with Crippen LogP contribution in [-0.2, 0) is 30.1 Å². The second kappa shape index (κ2) is 10.3. The molecule has 0 amide bonds. The maximum Gasteiger partial charge on any atom is 0.146 e. The number of rotatable bonds is 13. The lowest BCUT2D eigenvalue weighted by Crippen LogP contribution is -2.27. The van der Waals surface area contributed by atoms with Gasteiger partial charge in [-0.2, -0.15) is 0 Å². The van der Waals surface area contributed by atoms with Crippen LogP contribution in [0.4, 0.5) is 0 Å². The van der Waals surface area contributed by atoms with Crippen molar-refractivity contribution in [3.63, 3.8) is 0 Å². The molecule has 0 aromatic carbocycles. The number of hydrogen-bond acceptors (Lipinski definition) is 6. The molecule has 2 unspecified atom stereocenters. The van der Waals surface area contributed by atoms with Crippen molar-refractivity contribution < 1.29 is 23.7 Å². The van der Waals surface area contributed by atoms with Gasteiger partial charge in [0.05, 0.1) is 26.4 Å². The summed E-state index contributed by atoms with van der Waals surface area (Å²) in [7, 11) is 1.61. The van der Waals surface area contributed by atoms with Crippen molar-refractivity contribution in [1.29, 1.82) is 0 Å². The Balaban J connectivity index is 1.51. The van der Waals surface area contributed by atoms with Crippen LogP contribution >= 0.6 is 11.3 Å². The monoisotopic (exact) mass is 316 g/mol. The van der Waals surface area contributed by atoms with E-state index in [0.29, 0.717) is 19.8 Å². The van der Waals surface area contributed by atoms with E-state index < -0.39 is 0 Å². The fourth-order valence-corrected chi connectivity index (χ4v) is 2.57. The van der Waals surface area contributed by atoms with Crippen molar-refractivity contribution in [2.24, 2.45) is 0 Å². The van der Waals surface area contributed by atoms with Gasteiger partial charge in [0.15, 0.2) is 0 Å². The molecular formula is C15H24O5S. The molecule has 2 heterocycles. The average molecular weight is 316 g/mol. The molecule has 21 heavy (non-hydrogen) atoms. The van der Waals surface area contributed by atoms with Gasteiger partial charge in [-0.25, -0.2) is 0 Å². The van der Waals surface area contributed by atoms with E-state index in [1.807, 2.05) is 0 Å². The minimum Gasteiger partial charge on any atom is -0.379 e. The third kappa shape index (κ3) is 7.90. The topological polar surface area (TPSA) is 49.5 Å². The van der Waals surface area contributed by atoms with Gasteiger partial charge in [-0.1, -0.05) is 6.07 Å². The maximum absolute atomic E-state index is 5.68. The predicted octanol–water partition coefficient (Wildman–Crippen LogP) is 2.10. The largest absolute Gasteiger partial charge is 0.379 e. The van der Waals surface area contributed by atoms with Crippen LogP contribution < -0.4 is 0 Å². The van der Waals surface area contributed by atoms with Gasteiger partial charge < -0.3 is 23.7 Å². The second-order valence-corrected chi connectivity index (χ2v) is 5.98. The highest BCUT2D eigenvalue weighted by Gasteiger charge is 2.23. The molecule has 0 spiro atoms. The normalized spacial score (nSPS) is 18.8. The molecule has 0 saturated carbocycles. The van der Waals surface area contributed by atoms with Crippen LogP contribution in [0.5, 0.6) is 0 Å². The lowest BCUT2D eigenvalue weighted by Gasteiger charge is -2.17. The predicted molar refractivity (Wildman–Crippen MR) is 80.8 cm³/mol. The van der Waals surface area contributed by atoms with E-state index in [1.54, 1.807) is 18.4 Å². The summed E-state index contributed by atoms with van der Waals surface area (Å²) >= 11 is 1.79. The molecule has 0 bridgehead atoms. The minimum absolute atomic E-state index is 0.0922. The summed E-state index contributed by atoms with van der Waals surface area (Å²) in [6.07, 6.45) is 2.27. The first-order valence-corrected chi connectivity index (χ1v) is 8.16. The lowest BCUT2D eigenvalue weighted by molar-refractivity contribution is -0.121. The number of epoxide rings is 1. The van der Waals surface area contributed by atoms with E-state index in [-0.39, 0.29) is 19.0 Å². The van der Waals surface area contributed by atoms with Crippen molar-refractivity contribution in [2.75, 3.05) is 46.9 Å². The zero-order valence-corrected chi connectivity index (χ0v) is 13.3. The molecule has 0 N–H and O–H groups in total. The Kier molecular flexibility index (Phi) is 8.24. The smallest absolute Gasteiger partial charge is 0.146 e. The van der Waals surface area contributed by atoms with Gasteiger partial charge in [0.25, 0.3) is 0 Å². The summed E-state index contributed by atoms with van der Waals surface area (Å²) in [4.78, 5) is 1.40. The molecule has 1 aliphatic rings. The van der Waals surface area contributed by atoms with Crippen molar-refractivity contribution in [3.8, 4) is 0 Å². The van der Waals surface area contributed by atoms with Crippen LogP contribution in [0.2, 0.25) is 0 Å². The van der Waals surface area contributed by atoms with Crippen molar-refractivity contribution in [1.82, 2.24) is 0 Å². The molecule has 1 aromatic heterocycles. The molecule has 1 saturated heterocycles. The SMILES string of the molecule is COCOC(COCCCc1cccs1)COCC1CO1. The van der Waals surface area contributed by atoms with Crippen LogP contribution in [-0.4, -0.2) is 59.1 Å². The summed E-state index contributed by atoms with van der Waals surface area (Å²) in [5.74, 6) is 0. The molecular weight excluding hydrogens is 292 g/mol. The Bertz CT molecular complexity index is 353. The van der Waals surface area contributed by atoms with Gasteiger partial charge in [0.2, 0.25) is 0 Å². The van der Waals surface area contributed by atoms with Gasteiger partial charge in [-0.15, -0.1) is 11.3 Å². The Morgan fingerprint density at radius 2 is 2.24 bits per heavy atom. The number of aryl methyl sites for hydroxylation is 1. The van der Waals surface area contributed by atoms with Crippen molar-refractivity contribution >= 4 is 11.3 Å². The fourth-order valence-electron chi connectivity index (χ4n) is 1.82. The summed E-state index contributed by atoms with van der Waals surface area (Å²) in [5.41, 5.74) is 0. The van der Waals surface area contributed by atoms with Gasteiger partial charge in [0, 0.05) is 18.6 Å². The van der Waals surface area contributed by atoms with Crippen LogP contribution in [0.25, 0.3) is 0 Å². The van der Waals surface area contributed by atoms with Gasteiger partial charge in [0.1, 0.15) is 19.0 Å². The molecule has 1 fully saturated rings. The molecule has 2 rings (SSSR count). The zero-order chi connectivity index (χ0) is 14.8. The molecule has 5 nitrogen and oxygen atoms in total. The third-order valence-corrected chi connectivity index (χ3v) is 3.96. The lowest BCUT2D eigenvalue weighted by atomic mass is 10.3. The zero-order valence-electron chi connectivity index (χ0n) is 12.5. The molecule has 120 valence electrons. The first kappa shape index (κ1) is 16.9. The number of methoxy groups -OCH3 is 1. The van der Waals surface area contributed by atoms with Crippen LogP contribution in [0.3, 0.4) is 0 Å². The molecule has 6 heteroatoms. The highest BCUT2D eigenvalue weighted by atomic mass is 32.1. The number of ether oxygens (including phenoxy) is 5. The van der Waals surface area contributed by atoms with Gasteiger partial charge >= 0.3 is 0 Å². The third-order valence-electron chi connectivity index (χ3n) is 3.03. The first-order valence-electron chi connectivity index (χ1n) is 7.28. The Morgan fingerprint density at radius 3 is 2.95 bits per heavy atom. The maximum atomic E-state index is 5.68. The van der Waals surface area contributed by atoms with Crippen molar-refractivity contribution in [3.05, 3.63) is 22.4 Å². The van der Waals surface area contributed by atoms with Gasteiger partial charge in [-0.3, -0.25) is 0 Å². The molecule has 2 atom stereocenters. The quantitative estimate of drug-likeness (QED) is 0.317. The second-order valence-electron chi connectivity index (χ2n) is 4.95. The van der Waals surface area contributed by atoms with Gasteiger partial charge in [-0.05, 0) is 24.3 Å². The Morgan fingerprint density at radius 1 is 1.38 bits per heavy atom. The minimum atomic E-state index is -0.0922. The fraction of sp³-hybridized carbons (Fsp3) is 0.733. The summed E-state index contributed by atoms with van der Waals surface area (Å²) in [6.45, 7) is 3.46. The Labute approximate surface area is 130 Å². The van der Waals surface area contributed by atoms with Crippen LogP contribution in [0, 0.1) is 0 Å². The van der Waals surface area contributed by atoms with Crippen LogP contribution in [0.1, 0.15) is 11.3 Å². The highest BCUT2D eigenvalue weighted by Crippen LogP contribution is 2.11. The molecule has 1 aliphatic heterocycles. The van der Waals surface area contributed by atoms with Crippen molar-refractivity contribution in [2.45, 2.75) is 25.0 Å². The Hall–Kier alpha value is -0.500. The van der Waals surface area contributed by atoms with E-state index in [9.17, 15) is 0 Å². The number of thiophene rings is 1. The van der Waals surface area contributed by atoms with E-state index in [2.05, 4.69) is 17.5 Å². The first-order chi connectivity index (χ1) is 10.4. The van der Waals surface area contributed by atoms with E-state index in [4.69, 9.17) is 23.7 Å². The average Bonchev–Trinajstić information content (AvgIpc) is 3.17. The summed E-state index contributed by atoms with van der Waals surface area (Å²) in [6, 6.07) is 4.24. The standard InChI is InChI=1S/C15H24O5S/c1-16-12-20-13(9-18-10-14-11-19-14)8-17-6-2-4-15-5-3-7-21-15/h3,5,7,13-14H,2,4,6,8-12H2,1H3. The summed E-state index contributed by atoms with van der Waals surface area (Å²) in [5, 5.41) is 2.10. The van der Waals surface area contributed by atoms with E-state index in [1.165, 1.54) is 4.88 Å². The molecule has 0 aliphatic carbocycles. The number of hydrogen-bond donors (Lipinski definition) is 0. The van der Waals surface area contributed by atoms with E-state index >= 15 is 0 Å². The summed E-state index contributed by atoms with van der Waals surface area (Å²) < 4.78 is 26.8. The van der Waals surface area contributed by atoms with Crippen LogP contribution in [0.15, 0.2) is 17.5 Å². The molecule has 1 aromatic rings. The highest BCUT2D eigenvalue weighted by molar-refractivity contribution is 7.09.